The molecule has 0 aromatic carbocycles. The van der Waals surface area contributed by atoms with Gasteiger partial charge in [0.1, 0.15) is 6.10 Å². The molecule has 0 spiro atoms. The minimum Gasteiger partial charge on any atom is -0.391 e. The summed E-state index contributed by atoms with van der Waals surface area (Å²) in [5.74, 6) is -0.385. The van der Waals surface area contributed by atoms with Crippen molar-refractivity contribution in [3.05, 3.63) is 33.1 Å². The van der Waals surface area contributed by atoms with Crippen LogP contribution in [0.4, 0.5) is 0 Å². The van der Waals surface area contributed by atoms with E-state index in [9.17, 15) is 33.3 Å². The number of phosphoric acid groups is 3. The van der Waals surface area contributed by atoms with E-state index in [2.05, 4.69) is 13.1 Å². The third-order valence-corrected chi connectivity index (χ3v) is 7.05. The van der Waals surface area contributed by atoms with Gasteiger partial charge in [-0.2, -0.15) is 8.62 Å². The maximum absolute atomic E-state index is 11.8. The molecule has 0 fully saturated rings. The molecule has 0 radical (unpaired) electrons. The number of aliphatic hydroxyl groups excluding tert-OH is 1. The van der Waals surface area contributed by atoms with Crippen molar-refractivity contribution in [1.82, 2.24) is 9.55 Å². The molecule has 0 amide bonds. The lowest BCUT2D eigenvalue weighted by atomic mass is 10.2. The van der Waals surface area contributed by atoms with Gasteiger partial charge in [-0.25, -0.2) is 18.5 Å². The van der Waals surface area contributed by atoms with Gasteiger partial charge in [-0.3, -0.25) is 18.9 Å². The topological polar surface area (TPSA) is 244 Å². The van der Waals surface area contributed by atoms with E-state index in [-0.39, 0.29) is 5.88 Å². The minimum atomic E-state index is -5.72. The number of alkyl halides is 1. The predicted molar refractivity (Wildman–Crippen MR) is 97.5 cm³/mol. The van der Waals surface area contributed by atoms with Crippen LogP contribution >= 0.6 is 35.1 Å². The summed E-state index contributed by atoms with van der Waals surface area (Å²) >= 11 is 5.71. The lowest BCUT2D eigenvalue weighted by Crippen LogP contribution is -2.39. The van der Waals surface area contributed by atoms with Gasteiger partial charge in [-0.15, -0.1) is 11.6 Å². The molecule has 30 heavy (non-hydrogen) atoms. The second-order valence-corrected chi connectivity index (χ2v) is 10.2. The molecule has 3 unspecified atom stereocenters. The van der Waals surface area contributed by atoms with E-state index in [1.165, 1.54) is 0 Å². The standard InChI is InChI=1S/C10H18ClN2O14P3/c1-6(14)7(25-9(4-11)13-3-2-8(15)12-10(13)16)5-24-29(20,21)27-30(22,23)26-28(17,18)19/h2-3,6-7,9,14H,4-5H2,1H3,(H,20,21)(H,22,23)(H,12,15,16)(H2,17,18,19)/t6-,7?,9+/m0/s1. The molecule has 0 aliphatic heterocycles. The van der Waals surface area contributed by atoms with E-state index in [1.54, 1.807) is 0 Å². The lowest BCUT2D eigenvalue weighted by molar-refractivity contribution is -0.110. The van der Waals surface area contributed by atoms with Crippen LogP contribution in [-0.2, 0) is 31.6 Å². The van der Waals surface area contributed by atoms with Crippen LogP contribution < -0.4 is 11.2 Å². The van der Waals surface area contributed by atoms with E-state index in [1.807, 2.05) is 4.98 Å². The first-order chi connectivity index (χ1) is 13.6. The predicted octanol–water partition coefficient (Wildman–Crippen LogP) is -0.617. The molecule has 0 saturated heterocycles. The van der Waals surface area contributed by atoms with Crippen LogP contribution in [0.1, 0.15) is 13.2 Å². The SMILES string of the molecule is C[C@H](O)C(COP(=O)(O)OP(=O)(O)OP(=O)(O)O)O[C@H](CCl)n1ccc(=O)[nH]c1=O. The number of ether oxygens (including phenoxy) is 1. The Morgan fingerprint density at radius 3 is 2.20 bits per heavy atom. The Morgan fingerprint density at radius 2 is 1.73 bits per heavy atom. The molecule has 20 heteroatoms. The number of H-pyrrole nitrogens is 1. The van der Waals surface area contributed by atoms with Crippen molar-refractivity contribution in [1.29, 1.82) is 0 Å². The quantitative estimate of drug-likeness (QED) is 0.149. The Hall–Kier alpha value is -0.700. The number of phosphoric ester groups is 1. The highest BCUT2D eigenvalue weighted by molar-refractivity contribution is 7.66. The van der Waals surface area contributed by atoms with Gasteiger partial charge in [-0.05, 0) is 6.92 Å². The number of halogens is 1. The lowest BCUT2D eigenvalue weighted by Gasteiger charge is -2.27. The third-order valence-electron chi connectivity index (χ3n) is 2.98. The number of nitrogens with zero attached hydrogens (tertiary/aromatic N) is 1. The van der Waals surface area contributed by atoms with E-state index in [4.69, 9.17) is 31.0 Å². The minimum absolute atomic E-state index is 0.385. The van der Waals surface area contributed by atoms with Gasteiger partial charge in [-0.1, -0.05) is 0 Å². The van der Waals surface area contributed by atoms with E-state index in [0.29, 0.717) is 0 Å². The number of nitrogens with one attached hydrogen (secondary N) is 1. The maximum Gasteiger partial charge on any atom is 0.490 e. The van der Waals surface area contributed by atoms with Crippen molar-refractivity contribution in [2.75, 3.05) is 12.5 Å². The molecule has 16 nitrogen and oxygen atoms in total. The van der Waals surface area contributed by atoms with Crippen molar-refractivity contribution in [3.63, 3.8) is 0 Å². The molecule has 0 aliphatic rings. The zero-order chi connectivity index (χ0) is 23.3. The number of aromatic amines is 1. The van der Waals surface area contributed by atoms with Gasteiger partial charge in [0.2, 0.25) is 0 Å². The first kappa shape index (κ1) is 27.3. The molecule has 5 atom stereocenters. The van der Waals surface area contributed by atoms with Gasteiger partial charge >= 0.3 is 29.2 Å². The molecule has 174 valence electrons. The highest BCUT2D eigenvalue weighted by Gasteiger charge is 2.41. The number of aliphatic hydroxyl groups is 1. The molecule has 1 aromatic rings. The highest BCUT2D eigenvalue weighted by Crippen LogP contribution is 2.66. The number of hydrogen-bond acceptors (Lipinski definition) is 10. The Balaban J connectivity index is 2.89. The van der Waals surface area contributed by atoms with Gasteiger partial charge in [0.15, 0.2) is 6.23 Å². The summed E-state index contributed by atoms with van der Waals surface area (Å²) in [4.78, 5) is 60.3. The van der Waals surface area contributed by atoms with Gasteiger partial charge in [0.05, 0.1) is 18.6 Å². The summed E-state index contributed by atoms with van der Waals surface area (Å²) in [6, 6.07) is 0.980. The van der Waals surface area contributed by atoms with Crippen molar-refractivity contribution in [2.45, 2.75) is 25.4 Å². The fraction of sp³-hybridized carbons (Fsp3) is 0.600. The fourth-order valence-corrected chi connectivity index (χ4v) is 5.05. The smallest absolute Gasteiger partial charge is 0.391 e. The molecular weight excluding hydrogens is 500 g/mol. The molecule has 0 saturated carbocycles. The van der Waals surface area contributed by atoms with Crippen LogP contribution in [0.25, 0.3) is 0 Å². The summed E-state index contributed by atoms with van der Waals surface area (Å²) in [5, 5.41) is 9.76. The van der Waals surface area contributed by atoms with Crippen LogP contribution in [0.3, 0.4) is 0 Å². The van der Waals surface area contributed by atoms with E-state index in [0.717, 1.165) is 23.8 Å². The summed E-state index contributed by atoms with van der Waals surface area (Å²) in [6.45, 7) is 0.179. The van der Waals surface area contributed by atoms with E-state index < -0.39 is 59.8 Å². The van der Waals surface area contributed by atoms with Crippen molar-refractivity contribution in [2.24, 2.45) is 0 Å². The first-order valence-electron chi connectivity index (χ1n) is 7.54. The van der Waals surface area contributed by atoms with Crippen LogP contribution in [0.5, 0.6) is 0 Å². The van der Waals surface area contributed by atoms with Crippen LogP contribution in [-0.4, -0.2) is 58.9 Å². The highest BCUT2D eigenvalue weighted by atomic mass is 35.5. The molecule has 6 N–H and O–H groups in total. The molecule has 0 bridgehead atoms. The van der Waals surface area contributed by atoms with Crippen LogP contribution in [0, 0.1) is 0 Å². The molecule has 0 aliphatic carbocycles. The van der Waals surface area contributed by atoms with Gasteiger partial charge < -0.3 is 29.4 Å². The monoisotopic (exact) mass is 518 g/mol. The second kappa shape index (κ2) is 10.7. The zero-order valence-electron chi connectivity index (χ0n) is 14.9. The number of aromatic nitrogens is 2. The molecular formula is C10H18ClN2O14P3. The molecule has 1 rings (SSSR count). The first-order valence-corrected chi connectivity index (χ1v) is 12.6. The zero-order valence-corrected chi connectivity index (χ0v) is 18.3. The summed E-state index contributed by atoms with van der Waals surface area (Å²) in [5.41, 5.74) is -1.62. The van der Waals surface area contributed by atoms with Crippen molar-refractivity contribution >= 4 is 35.1 Å². The Kier molecular flexibility index (Phi) is 9.79. The van der Waals surface area contributed by atoms with Gasteiger partial charge in [0.25, 0.3) is 5.56 Å². The second-order valence-electron chi connectivity index (χ2n) is 5.43. The fourth-order valence-electron chi connectivity index (χ4n) is 1.80. The molecule has 1 aromatic heterocycles. The van der Waals surface area contributed by atoms with Crippen molar-refractivity contribution < 1.29 is 56.3 Å². The Labute approximate surface area is 172 Å². The van der Waals surface area contributed by atoms with Crippen molar-refractivity contribution in [3.8, 4) is 0 Å². The third kappa shape index (κ3) is 9.62. The normalized spacial score (nSPS) is 19.4. The summed E-state index contributed by atoms with van der Waals surface area (Å²) in [6.07, 6.45) is -3.14. The molecule has 1 heterocycles. The van der Waals surface area contributed by atoms with E-state index >= 15 is 0 Å². The number of rotatable bonds is 12. The van der Waals surface area contributed by atoms with Gasteiger partial charge in [0, 0.05) is 12.3 Å². The van der Waals surface area contributed by atoms with Crippen LogP contribution in [0.2, 0.25) is 0 Å². The maximum atomic E-state index is 11.8. The summed E-state index contributed by atoms with van der Waals surface area (Å²) < 4.78 is 51.3. The average Bonchev–Trinajstić information content (AvgIpc) is 2.52. The number of hydrogen-bond donors (Lipinski definition) is 6. The largest absolute Gasteiger partial charge is 0.490 e. The Morgan fingerprint density at radius 1 is 1.13 bits per heavy atom. The average molecular weight is 519 g/mol. The van der Waals surface area contributed by atoms with Crippen LogP contribution in [0.15, 0.2) is 21.9 Å². The Bertz CT molecular complexity index is 971. The summed E-state index contributed by atoms with van der Waals surface area (Å²) in [7, 11) is -16.7.